The lowest BCUT2D eigenvalue weighted by molar-refractivity contribution is -0.161. The number of ether oxygens (including phenoxy) is 2. The number of phosphoric acid groups is 1. The number of unbranched alkanes of at least 4 members (excludes halogenated alkanes) is 29. The van der Waals surface area contributed by atoms with Crippen molar-refractivity contribution in [1.82, 2.24) is 0 Å². The molecule has 0 saturated carbocycles. The van der Waals surface area contributed by atoms with Crippen molar-refractivity contribution < 1.29 is 47.8 Å². The van der Waals surface area contributed by atoms with Gasteiger partial charge in [0.1, 0.15) is 12.7 Å². The van der Waals surface area contributed by atoms with Crippen LogP contribution in [0.2, 0.25) is 0 Å². The zero-order valence-corrected chi connectivity index (χ0v) is 39.6. The summed E-state index contributed by atoms with van der Waals surface area (Å²) < 4.78 is 32.8. The topological polar surface area (TPSA) is 149 Å². The summed E-state index contributed by atoms with van der Waals surface area (Å²) in [4.78, 5) is 35.1. The molecule has 10 nitrogen and oxygen atoms in total. The minimum atomic E-state index is -4.62. The van der Waals surface area contributed by atoms with E-state index in [1.54, 1.807) is 0 Å². The maximum absolute atomic E-state index is 12.7. The summed E-state index contributed by atoms with van der Waals surface area (Å²) in [6.45, 7) is 2.38. The molecule has 0 bridgehead atoms. The number of hydrogen-bond acceptors (Lipinski definition) is 9. The third-order valence-corrected chi connectivity index (χ3v) is 11.8. The van der Waals surface area contributed by atoms with Crippen molar-refractivity contribution in [2.75, 3.05) is 26.4 Å². The normalized spacial score (nSPS) is 13.9. The Morgan fingerprint density at radius 2 is 0.867 bits per heavy atom. The van der Waals surface area contributed by atoms with E-state index < -0.39 is 51.8 Å². The van der Waals surface area contributed by atoms with Gasteiger partial charge < -0.3 is 24.6 Å². The number of esters is 2. The van der Waals surface area contributed by atoms with Gasteiger partial charge in [-0.3, -0.25) is 18.6 Å². The third kappa shape index (κ3) is 44.5. The highest BCUT2D eigenvalue weighted by molar-refractivity contribution is 7.47. The number of phosphoric ester groups is 1. The number of carbonyl (C=O) groups excluding carboxylic acids is 2. The predicted molar refractivity (Wildman–Crippen MR) is 247 cm³/mol. The lowest BCUT2D eigenvalue weighted by atomic mass is 10.0. The van der Waals surface area contributed by atoms with Gasteiger partial charge in [-0.25, -0.2) is 4.57 Å². The molecule has 11 heteroatoms. The quantitative estimate of drug-likeness (QED) is 0.0233. The molecule has 0 aromatic heterocycles. The van der Waals surface area contributed by atoms with Crippen molar-refractivity contribution in [3.8, 4) is 0 Å². The average Bonchev–Trinajstić information content (AvgIpc) is 3.24. The molecule has 0 rings (SSSR count). The van der Waals surface area contributed by atoms with Gasteiger partial charge in [-0.1, -0.05) is 205 Å². The van der Waals surface area contributed by atoms with Gasteiger partial charge in [-0.05, 0) is 44.9 Å². The molecule has 0 saturated heterocycles. The van der Waals surface area contributed by atoms with Crippen LogP contribution in [0.5, 0.6) is 0 Å². The van der Waals surface area contributed by atoms with Gasteiger partial charge in [0.25, 0.3) is 0 Å². The number of rotatable bonds is 47. The molecule has 0 fully saturated rings. The number of aliphatic hydroxyl groups is 2. The van der Waals surface area contributed by atoms with Gasteiger partial charge in [0.05, 0.1) is 19.8 Å². The predicted octanol–water partition coefficient (Wildman–Crippen LogP) is 13.7. The molecule has 3 N–H and O–H groups in total. The standard InChI is InChI=1S/C49H93O10P/c1-3-5-7-9-11-13-15-17-19-20-21-22-23-24-25-27-29-31-33-35-37-39-41-49(53)59-47(45-58-60(54,55)57-43-46(51)42-50)44-56-48(52)40-38-36-34-32-30-28-26-18-16-14-12-10-8-6-4-2/h12,14,18,26,46-47,50-51H,3-11,13,15-17,19-25,27-45H2,1-2H3,(H,54,55)/b14-12+,26-18+/t46-,47+/m0/s1. The van der Waals surface area contributed by atoms with Gasteiger partial charge >= 0.3 is 19.8 Å². The first-order chi connectivity index (χ1) is 29.2. The Morgan fingerprint density at radius 3 is 1.32 bits per heavy atom. The second kappa shape index (κ2) is 45.5. The first-order valence-electron chi connectivity index (χ1n) is 24.8. The summed E-state index contributed by atoms with van der Waals surface area (Å²) in [6.07, 6.45) is 47.2. The fourth-order valence-corrected chi connectivity index (χ4v) is 7.82. The van der Waals surface area contributed by atoms with Crippen molar-refractivity contribution in [1.29, 1.82) is 0 Å². The second-order valence-corrected chi connectivity index (χ2v) is 18.3. The van der Waals surface area contributed by atoms with Crippen LogP contribution in [0.3, 0.4) is 0 Å². The minimum Gasteiger partial charge on any atom is -0.462 e. The van der Waals surface area contributed by atoms with Crippen molar-refractivity contribution >= 4 is 19.8 Å². The lowest BCUT2D eigenvalue weighted by Gasteiger charge is -2.20. The van der Waals surface area contributed by atoms with Crippen LogP contribution in [0.1, 0.15) is 239 Å². The molecule has 0 aliphatic heterocycles. The van der Waals surface area contributed by atoms with Crippen LogP contribution in [0.25, 0.3) is 0 Å². The average molecular weight is 873 g/mol. The van der Waals surface area contributed by atoms with E-state index in [2.05, 4.69) is 38.2 Å². The van der Waals surface area contributed by atoms with Crippen molar-refractivity contribution in [2.24, 2.45) is 0 Å². The van der Waals surface area contributed by atoms with Crippen LogP contribution in [-0.2, 0) is 32.7 Å². The Labute approximate surface area is 368 Å². The number of aliphatic hydroxyl groups excluding tert-OH is 2. The van der Waals surface area contributed by atoms with Gasteiger partial charge in [-0.2, -0.15) is 0 Å². The van der Waals surface area contributed by atoms with E-state index in [4.69, 9.17) is 23.6 Å². The van der Waals surface area contributed by atoms with Crippen LogP contribution in [-0.4, -0.2) is 65.7 Å². The molecule has 3 atom stereocenters. The summed E-state index contributed by atoms with van der Waals surface area (Å²) in [5, 5.41) is 18.4. The van der Waals surface area contributed by atoms with Gasteiger partial charge in [0, 0.05) is 12.8 Å². The molecule has 1 unspecified atom stereocenters. The molecule has 0 spiro atoms. The molecule has 60 heavy (non-hydrogen) atoms. The van der Waals surface area contributed by atoms with E-state index in [1.807, 2.05) is 0 Å². The fourth-order valence-electron chi connectivity index (χ4n) is 7.03. The van der Waals surface area contributed by atoms with E-state index in [0.29, 0.717) is 12.8 Å². The maximum atomic E-state index is 12.7. The van der Waals surface area contributed by atoms with Crippen LogP contribution >= 0.6 is 7.82 Å². The molecule has 0 aliphatic rings. The van der Waals surface area contributed by atoms with E-state index in [1.165, 1.54) is 141 Å². The zero-order chi connectivity index (χ0) is 44.0. The molecule has 0 aromatic carbocycles. The van der Waals surface area contributed by atoms with Crippen LogP contribution in [0, 0.1) is 0 Å². The highest BCUT2D eigenvalue weighted by Crippen LogP contribution is 2.43. The van der Waals surface area contributed by atoms with Crippen molar-refractivity contribution in [3.63, 3.8) is 0 Å². The highest BCUT2D eigenvalue weighted by atomic mass is 31.2. The molecular weight excluding hydrogens is 780 g/mol. The molecule has 0 radical (unpaired) electrons. The smallest absolute Gasteiger partial charge is 0.462 e. The summed E-state index contributed by atoms with van der Waals surface area (Å²) in [6, 6.07) is 0. The lowest BCUT2D eigenvalue weighted by Crippen LogP contribution is -2.29. The van der Waals surface area contributed by atoms with Crippen LogP contribution in [0.15, 0.2) is 24.3 Å². The number of allylic oxidation sites excluding steroid dienone is 4. The molecule has 0 amide bonds. The number of hydrogen-bond donors (Lipinski definition) is 3. The molecular formula is C49H93O10P. The highest BCUT2D eigenvalue weighted by Gasteiger charge is 2.27. The fraction of sp³-hybridized carbons (Fsp3) is 0.878. The first-order valence-corrected chi connectivity index (χ1v) is 26.3. The van der Waals surface area contributed by atoms with Crippen LogP contribution < -0.4 is 0 Å². The molecule has 0 aromatic rings. The zero-order valence-electron chi connectivity index (χ0n) is 38.7. The van der Waals surface area contributed by atoms with Gasteiger partial charge in [0.15, 0.2) is 6.10 Å². The van der Waals surface area contributed by atoms with Gasteiger partial charge in [-0.15, -0.1) is 0 Å². The Kier molecular flexibility index (Phi) is 44.3. The van der Waals surface area contributed by atoms with E-state index in [-0.39, 0.29) is 19.4 Å². The van der Waals surface area contributed by atoms with Crippen molar-refractivity contribution in [2.45, 2.75) is 251 Å². The van der Waals surface area contributed by atoms with Gasteiger partial charge in [0.2, 0.25) is 0 Å². The van der Waals surface area contributed by atoms with E-state index in [9.17, 15) is 24.2 Å². The Bertz CT molecular complexity index is 1050. The molecule has 354 valence electrons. The van der Waals surface area contributed by atoms with E-state index >= 15 is 0 Å². The Hall–Kier alpha value is -1.55. The van der Waals surface area contributed by atoms with Crippen LogP contribution in [0.4, 0.5) is 0 Å². The maximum Gasteiger partial charge on any atom is 0.472 e. The summed E-state index contributed by atoms with van der Waals surface area (Å²) in [7, 11) is -4.62. The van der Waals surface area contributed by atoms with E-state index in [0.717, 1.165) is 57.8 Å². The molecule has 0 aliphatic carbocycles. The largest absolute Gasteiger partial charge is 0.472 e. The summed E-state index contributed by atoms with van der Waals surface area (Å²) in [5.74, 6) is -0.929. The summed E-state index contributed by atoms with van der Waals surface area (Å²) >= 11 is 0. The summed E-state index contributed by atoms with van der Waals surface area (Å²) in [5.41, 5.74) is 0. The number of carbonyl (C=O) groups is 2. The Morgan fingerprint density at radius 1 is 0.500 bits per heavy atom. The third-order valence-electron chi connectivity index (χ3n) is 10.9. The second-order valence-electron chi connectivity index (χ2n) is 16.8. The first kappa shape index (κ1) is 58.5. The SMILES string of the molecule is CCCCC/C=C/C/C=C/CCCCCCCC(=O)OC[C@H](COP(=O)(O)OC[C@@H](O)CO)OC(=O)CCCCCCCCCCCCCCCCCCCCCCCC. The molecule has 0 heterocycles. The minimum absolute atomic E-state index is 0.186. The monoisotopic (exact) mass is 873 g/mol. The van der Waals surface area contributed by atoms with Crippen molar-refractivity contribution in [3.05, 3.63) is 24.3 Å². The Balaban J connectivity index is 4.16.